The summed E-state index contributed by atoms with van der Waals surface area (Å²) in [6, 6.07) is 6.64. The quantitative estimate of drug-likeness (QED) is 0.678. The molecule has 0 N–H and O–H groups in total. The fourth-order valence-electron chi connectivity index (χ4n) is 2.72. The van der Waals surface area contributed by atoms with Gasteiger partial charge >= 0.3 is 0 Å². The van der Waals surface area contributed by atoms with Gasteiger partial charge in [-0.15, -0.1) is 0 Å². The van der Waals surface area contributed by atoms with Gasteiger partial charge in [0.25, 0.3) is 5.56 Å². The van der Waals surface area contributed by atoms with E-state index < -0.39 is 22.8 Å². The number of carbonyl (C=O) groups is 1. The second-order valence-electron chi connectivity index (χ2n) is 5.66. The summed E-state index contributed by atoms with van der Waals surface area (Å²) in [5.74, 6) is -2.08. The van der Waals surface area contributed by atoms with Crippen molar-refractivity contribution in [2.45, 2.75) is 13.8 Å². The molecule has 0 atom stereocenters. The van der Waals surface area contributed by atoms with Gasteiger partial charge in [0.2, 0.25) is 0 Å². The van der Waals surface area contributed by atoms with Gasteiger partial charge in [-0.05, 0) is 43.7 Å². The van der Waals surface area contributed by atoms with Crippen molar-refractivity contribution in [3.05, 3.63) is 63.4 Å². The third-order valence-electron chi connectivity index (χ3n) is 3.89. The normalized spacial score (nSPS) is 11.0. The van der Waals surface area contributed by atoms with Crippen LogP contribution >= 0.6 is 0 Å². The molecular formula is C18H14F2N2O2. The van der Waals surface area contributed by atoms with Crippen LogP contribution in [0, 0.1) is 18.6 Å². The average molecular weight is 328 g/mol. The van der Waals surface area contributed by atoms with E-state index in [1.807, 2.05) is 0 Å². The summed E-state index contributed by atoms with van der Waals surface area (Å²) in [5.41, 5.74) is 0.268. The highest BCUT2D eigenvalue weighted by atomic mass is 19.1. The van der Waals surface area contributed by atoms with E-state index in [1.165, 1.54) is 20.0 Å². The SMILES string of the molecule is CC(=O)c1cc(C)cc2c(=O)n(C)c(-c3c(F)cccc3F)nc12. The molecule has 3 aromatic rings. The molecule has 1 aromatic heterocycles. The van der Waals surface area contributed by atoms with E-state index in [0.717, 1.165) is 22.3 Å². The topological polar surface area (TPSA) is 52.0 Å². The molecule has 6 heteroatoms. The monoisotopic (exact) mass is 328 g/mol. The van der Waals surface area contributed by atoms with Crippen molar-refractivity contribution >= 4 is 16.7 Å². The number of aromatic nitrogens is 2. The zero-order chi connectivity index (χ0) is 17.6. The van der Waals surface area contributed by atoms with Gasteiger partial charge < -0.3 is 0 Å². The van der Waals surface area contributed by atoms with Crippen LogP contribution in [0.4, 0.5) is 8.78 Å². The van der Waals surface area contributed by atoms with Crippen molar-refractivity contribution in [1.82, 2.24) is 9.55 Å². The third kappa shape index (κ3) is 2.40. The Balaban J connectivity index is 2.50. The summed E-state index contributed by atoms with van der Waals surface area (Å²) in [6.07, 6.45) is 0. The van der Waals surface area contributed by atoms with Crippen LogP contribution in [0.3, 0.4) is 0 Å². The highest BCUT2D eigenvalue weighted by Crippen LogP contribution is 2.26. The van der Waals surface area contributed by atoms with Crippen LogP contribution in [0.1, 0.15) is 22.8 Å². The number of fused-ring (bicyclic) bond motifs is 1. The van der Waals surface area contributed by atoms with E-state index in [0.29, 0.717) is 0 Å². The zero-order valence-corrected chi connectivity index (χ0v) is 13.4. The lowest BCUT2D eigenvalue weighted by Crippen LogP contribution is -2.22. The van der Waals surface area contributed by atoms with E-state index in [-0.39, 0.29) is 28.1 Å². The number of nitrogens with zero attached hydrogens (tertiary/aromatic N) is 2. The Morgan fingerprint density at radius 2 is 1.79 bits per heavy atom. The Bertz CT molecular complexity index is 1030. The first-order valence-electron chi connectivity index (χ1n) is 7.28. The maximum absolute atomic E-state index is 14.1. The first kappa shape index (κ1) is 16.0. The van der Waals surface area contributed by atoms with E-state index in [1.54, 1.807) is 19.1 Å². The molecule has 122 valence electrons. The third-order valence-corrected chi connectivity index (χ3v) is 3.89. The molecule has 0 saturated heterocycles. The Kier molecular flexibility index (Phi) is 3.75. The van der Waals surface area contributed by atoms with Gasteiger partial charge in [0.05, 0.1) is 16.5 Å². The number of benzene rings is 2. The number of carbonyl (C=O) groups excluding carboxylic acids is 1. The highest BCUT2D eigenvalue weighted by molar-refractivity contribution is 6.05. The molecule has 0 aliphatic heterocycles. The molecule has 4 nitrogen and oxygen atoms in total. The van der Waals surface area contributed by atoms with Crippen LogP contribution in [-0.2, 0) is 7.05 Å². The minimum Gasteiger partial charge on any atom is -0.295 e. The Labute approximate surface area is 136 Å². The number of rotatable bonds is 2. The van der Waals surface area contributed by atoms with Gasteiger partial charge in [-0.1, -0.05) is 6.07 Å². The van der Waals surface area contributed by atoms with Crippen molar-refractivity contribution in [3.63, 3.8) is 0 Å². The fourth-order valence-corrected chi connectivity index (χ4v) is 2.72. The second-order valence-corrected chi connectivity index (χ2v) is 5.66. The maximum atomic E-state index is 14.1. The molecule has 0 fully saturated rings. The maximum Gasteiger partial charge on any atom is 0.261 e. The van der Waals surface area contributed by atoms with Crippen molar-refractivity contribution in [2.75, 3.05) is 0 Å². The lowest BCUT2D eigenvalue weighted by molar-refractivity contribution is 0.101. The largest absolute Gasteiger partial charge is 0.295 e. The van der Waals surface area contributed by atoms with Gasteiger partial charge in [0, 0.05) is 12.6 Å². The molecule has 24 heavy (non-hydrogen) atoms. The summed E-state index contributed by atoms with van der Waals surface area (Å²) in [4.78, 5) is 28.8. The molecule has 0 radical (unpaired) electrons. The lowest BCUT2D eigenvalue weighted by atomic mass is 10.0. The van der Waals surface area contributed by atoms with Crippen molar-refractivity contribution in [1.29, 1.82) is 0 Å². The van der Waals surface area contributed by atoms with Gasteiger partial charge in [0.15, 0.2) is 5.78 Å². The summed E-state index contributed by atoms with van der Waals surface area (Å²) >= 11 is 0. The molecule has 0 bridgehead atoms. The number of hydrogen-bond acceptors (Lipinski definition) is 3. The minimum atomic E-state index is -0.826. The van der Waals surface area contributed by atoms with Crippen LogP contribution in [0.5, 0.6) is 0 Å². The average Bonchev–Trinajstić information content (AvgIpc) is 2.51. The first-order valence-corrected chi connectivity index (χ1v) is 7.28. The second kappa shape index (κ2) is 5.63. The number of ketones is 1. The Hall–Kier alpha value is -2.89. The molecular weight excluding hydrogens is 314 g/mol. The van der Waals surface area contributed by atoms with E-state index in [9.17, 15) is 18.4 Å². The number of Topliss-reactive ketones (excluding diaryl/α,β-unsaturated/α-hetero) is 1. The van der Waals surface area contributed by atoms with Crippen molar-refractivity contribution in [2.24, 2.45) is 7.05 Å². The Morgan fingerprint density at radius 1 is 1.17 bits per heavy atom. The van der Waals surface area contributed by atoms with E-state index >= 15 is 0 Å². The van der Waals surface area contributed by atoms with Crippen molar-refractivity contribution in [3.8, 4) is 11.4 Å². The van der Waals surface area contributed by atoms with Crippen LogP contribution < -0.4 is 5.56 Å². The van der Waals surface area contributed by atoms with Crippen LogP contribution in [-0.4, -0.2) is 15.3 Å². The molecule has 1 heterocycles. The van der Waals surface area contributed by atoms with Gasteiger partial charge in [-0.2, -0.15) is 0 Å². The standard InChI is InChI=1S/C18H14F2N2O2/c1-9-7-11(10(2)23)16-12(8-9)18(24)22(3)17(21-16)15-13(19)5-4-6-14(15)20/h4-8H,1-3H3. The first-order chi connectivity index (χ1) is 11.3. The lowest BCUT2D eigenvalue weighted by Gasteiger charge is -2.13. The number of aryl methyl sites for hydroxylation is 1. The van der Waals surface area contributed by atoms with Crippen LogP contribution in [0.2, 0.25) is 0 Å². The predicted octanol–water partition coefficient (Wildman–Crippen LogP) is 3.39. The molecule has 3 rings (SSSR count). The number of hydrogen-bond donors (Lipinski definition) is 0. The van der Waals surface area contributed by atoms with E-state index in [2.05, 4.69) is 4.98 Å². The Morgan fingerprint density at radius 3 is 2.38 bits per heavy atom. The summed E-state index contributed by atoms with van der Waals surface area (Å²) in [6.45, 7) is 3.12. The van der Waals surface area contributed by atoms with Crippen molar-refractivity contribution < 1.29 is 13.6 Å². The highest BCUT2D eigenvalue weighted by Gasteiger charge is 2.20. The van der Waals surface area contributed by atoms with Gasteiger partial charge in [0.1, 0.15) is 17.5 Å². The zero-order valence-electron chi connectivity index (χ0n) is 13.4. The van der Waals surface area contributed by atoms with Crippen LogP contribution in [0.15, 0.2) is 35.1 Å². The van der Waals surface area contributed by atoms with Crippen LogP contribution in [0.25, 0.3) is 22.3 Å². The summed E-state index contributed by atoms with van der Waals surface area (Å²) < 4.78 is 29.3. The minimum absolute atomic E-state index is 0.147. The predicted molar refractivity (Wildman–Crippen MR) is 87.1 cm³/mol. The molecule has 0 amide bonds. The smallest absolute Gasteiger partial charge is 0.261 e. The van der Waals surface area contributed by atoms with Gasteiger partial charge in [-0.25, -0.2) is 13.8 Å². The molecule has 0 aliphatic carbocycles. The van der Waals surface area contributed by atoms with Gasteiger partial charge in [-0.3, -0.25) is 14.2 Å². The van der Waals surface area contributed by atoms with E-state index in [4.69, 9.17) is 0 Å². The molecule has 2 aromatic carbocycles. The molecule has 0 aliphatic rings. The molecule has 0 saturated carbocycles. The fraction of sp³-hybridized carbons (Fsp3) is 0.167. The number of halogens is 2. The molecule has 0 spiro atoms. The molecule has 0 unspecified atom stereocenters. The summed E-state index contributed by atoms with van der Waals surface area (Å²) in [5, 5.41) is 0.239. The summed E-state index contributed by atoms with van der Waals surface area (Å²) in [7, 11) is 1.39.